The van der Waals surface area contributed by atoms with E-state index >= 15 is 0 Å². The molecule has 0 atom stereocenters. The van der Waals surface area contributed by atoms with Crippen molar-refractivity contribution in [3.05, 3.63) is 36.4 Å². The zero-order chi connectivity index (χ0) is 12.3. The third kappa shape index (κ3) is 2.37. The molecule has 0 radical (unpaired) electrons. The summed E-state index contributed by atoms with van der Waals surface area (Å²) in [5, 5.41) is 4.73. The topological polar surface area (TPSA) is 64.3 Å². The molecule has 17 heavy (non-hydrogen) atoms. The van der Waals surface area contributed by atoms with E-state index in [1.807, 2.05) is 30.3 Å². The second kappa shape index (κ2) is 4.84. The Hall–Kier alpha value is -2.07. The third-order valence-corrected chi connectivity index (χ3v) is 2.50. The van der Waals surface area contributed by atoms with E-state index in [4.69, 9.17) is 10.5 Å². The lowest BCUT2D eigenvalue weighted by Crippen LogP contribution is -2.18. The Balaban J connectivity index is 2.44. The predicted octanol–water partition coefficient (Wildman–Crippen LogP) is 2.01. The van der Waals surface area contributed by atoms with E-state index in [-0.39, 0.29) is 12.5 Å². The van der Waals surface area contributed by atoms with E-state index in [1.165, 1.54) is 7.11 Å². The number of nitrogens with one attached hydrogen (secondary N) is 1. The fourth-order valence-corrected chi connectivity index (χ4v) is 1.73. The van der Waals surface area contributed by atoms with Gasteiger partial charge >= 0.3 is 0 Å². The highest BCUT2D eigenvalue weighted by Gasteiger charge is 2.08. The summed E-state index contributed by atoms with van der Waals surface area (Å²) in [4.78, 5) is 11.5. The van der Waals surface area contributed by atoms with Crippen LogP contribution in [0.2, 0.25) is 0 Å². The van der Waals surface area contributed by atoms with Gasteiger partial charge in [-0.15, -0.1) is 0 Å². The van der Waals surface area contributed by atoms with Crippen LogP contribution < -0.4 is 11.1 Å². The van der Waals surface area contributed by atoms with Gasteiger partial charge in [0.25, 0.3) is 0 Å². The number of nitrogens with two attached hydrogens (primary N) is 1. The molecule has 0 bridgehead atoms. The summed E-state index contributed by atoms with van der Waals surface area (Å²) in [6, 6.07) is 11.5. The molecular formula is C13H14N2O2. The zero-order valence-electron chi connectivity index (χ0n) is 9.57. The van der Waals surface area contributed by atoms with Gasteiger partial charge in [-0.3, -0.25) is 4.79 Å². The van der Waals surface area contributed by atoms with Crippen molar-refractivity contribution >= 4 is 28.1 Å². The number of ether oxygens (including phenoxy) is 1. The number of fused-ring (bicyclic) bond motifs is 1. The Morgan fingerprint density at radius 1 is 1.29 bits per heavy atom. The quantitative estimate of drug-likeness (QED) is 0.793. The van der Waals surface area contributed by atoms with Gasteiger partial charge in [0.1, 0.15) is 6.61 Å². The van der Waals surface area contributed by atoms with Crippen molar-refractivity contribution in [2.75, 3.05) is 24.8 Å². The molecular weight excluding hydrogens is 216 g/mol. The Morgan fingerprint density at radius 3 is 2.82 bits per heavy atom. The molecule has 0 heterocycles. The summed E-state index contributed by atoms with van der Waals surface area (Å²) < 4.78 is 4.77. The van der Waals surface area contributed by atoms with Crippen LogP contribution in [0.1, 0.15) is 0 Å². The van der Waals surface area contributed by atoms with Gasteiger partial charge in [0, 0.05) is 12.5 Å². The van der Waals surface area contributed by atoms with Crippen LogP contribution in [-0.2, 0) is 9.53 Å². The molecule has 0 saturated heterocycles. The summed E-state index contributed by atoms with van der Waals surface area (Å²) in [5.41, 5.74) is 7.07. The highest BCUT2D eigenvalue weighted by Crippen LogP contribution is 2.29. The molecule has 2 aromatic rings. The lowest BCUT2D eigenvalue weighted by molar-refractivity contribution is -0.119. The number of carbonyl (C=O) groups excluding carboxylic acids is 1. The van der Waals surface area contributed by atoms with E-state index in [9.17, 15) is 4.79 Å². The van der Waals surface area contributed by atoms with Crippen molar-refractivity contribution in [1.29, 1.82) is 0 Å². The van der Waals surface area contributed by atoms with Crippen molar-refractivity contribution in [1.82, 2.24) is 0 Å². The molecule has 88 valence electrons. The highest BCUT2D eigenvalue weighted by molar-refractivity contribution is 6.06. The van der Waals surface area contributed by atoms with Crippen LogP contribution in [0.25, 0.3) is 10.8 Å². The number of anilines is 2. The summed E-state index contributed by atoms with van der Waals surface area (Å²) in [6.45, 7) is 0.0165. The molecule has 0 aliphatic carbocycles. The van der Waals surface area contributed by atoms with Crippen molar-refractivity contribution in [2.45, 2.75) is 0 Å². The first-order valence-corrected chi connectivity index (χ1v) is 5.28. The van der Waals surface area contributed by atoms with Crippen LogP contribution in [0.5, 0.6) is 0 Å². The number of nitrogen functional groups attached to an aromatic ring is 1. The standard InChI is InChI=1S/C13H14N2O2/c1-17-8-12(16)15-13-10-5-3-2-4-9(10)6-7-11(13)14/h2-7H,8,14H2,1H3,(H,15,16). The minimum atomic E-state index is -0.212. The van der Waals surface area contributed by atoms with Crippen LogP contribution in [0.4, 0.5) is 11.4 Å². The number of hydrogen-bond donors (Lipinski definition) is 2. The first kappa shape index (κ1) is 11.4. The van der Waals surface area contributed by atoms with E-state index < -0.39 is 0 Å². The van der Waals surface area contributed by atoms with Gasteiger partial charge in [0.05, 0.1) is 11.4 Å². The minimum Gasteiger partial charge on any atom is -0.397 e. The molecule has 4 nitrogen and oxygen atoms in total. The fourth-order valence-electron chi connectivity index (χ4n) is 1.73. The number of amides is 1. The van der Waals surface area contributed by atoms with Crippen molar-refractivity contribution < 1.29 is 9.53 Å². The second-order valence-electron chi connectivity index (χ2n) is 3.73. The Bertz CT molecular complexity index is 552. The Kier molecular flexibility index (Phi) is 3.25. The summed E-state index contributed by atoms with van der Waals surface area (Å²) in [6.07, 6.45) is 0. The Labute approximate surface area is 99.4 Å². The van der Waals surface area contributed by atoms with Gasteiger partial charge in [-0.2, -0.15) is 0 Å². The van der Waals surface area contributed by atoms with Gasteiger partial charge < -0.3 is 15.8 Å². The number of hydrogen-bond acceptors (Lipinski definition) is 3. The molecule has 0 spiro atoms. The molecule has 3 N–H and O–H groups in total. The molecule has 0 aliphatic heterocycles. The highest BCUT2D eigenvalue weighted by atomic mass is 16.5. The monoisotopic (exact) mass is 230 g/mol. The van der Waals surface area contributed by atoms with Crippen molar-refractivity contribution in [3.63, 3.8) is 0 Å². The summed E-state index contributed by atoms with van der Waals surface area (Å²) in [5.74, 6) is -0.212. The Morgan fingerprint density at radius 2 is 2.06 bits per heavy atom. The average Bonchev–Trinajstić information content (AvgIpc) is 2.33. The minimum absolute atomic E-state index is 0.0165. The molecule has 0 unspecified atom stereocenters. The van der Waals surface area contributed by atoms with Crippen molar-refractivity contribution in [3.8, 4) is 0 Å². The van der Waals surface area contributed by atoms with Gasteiger partial charge in [0.15, 0.2) is 0 Å². The maximum absolute atomic E-state index is 11.5. The number of methoxy groups -OCH3 is 1. The van der Waals surface area contributed by atoms with Crippen molar-refractivity contribution in [2.24, 2.45) is 0 Å². The number of carbonyl (C=O) groups is 1. The van der Waals surface area contributed by atoms with E-state index in [2.05, 4.69) is 5.32 Å². The van der Waals surface area contributed by atoms with Gasteiger partial charge in [-0.1, -0.05) is 30.3 Å². The summed E-state index contributed by atoms with van der Waals surface area (Å²) in [7, 11) is 1.48. The van der Waals surface area contributed by atoms with Gasteiger partial charge in [-0.05, 0) is 11.5 Å². The van der Waals surface area contributed by atoms with E-state index in [0.717, 1.165) is 10.8 Å². The number of rotatable bonds is 3. The van der Waals surface area contributed by atoms with Crippen LogP contribution in [-0.4, -0.2) is 19.6 Å². The van der Waals surface area contributed by atoms with Gasteiger partial charge in [0.2, 0.25) is 5.91 Å². The normalized spacial score (nSPS) is 10.4. The molecule has 4 heteroatoms. The van der Waals surface area contributed by atoms with Crippen LogP contribution >= 0.6 is 0 Å². The average molecular weight is 230 g/mol. The van der Waals surface area contributed by atoms with E-state index in [0.29, 0.717) is 11.4 Å². The molecule has 2 rings (SSSR count). The molecule has 0 aromatic heterocycles. The molecule has 0 saturated carbocycles. The smallest absolute Gasteiger partial charge is 0.250 e. The molecule has 1 amide bonds. The molecule has 0 aliphatic rings. The van der Waals surface area contributed by atoms with Gasteiger partial charge in [-0.25, -0.2) is 0 Å². The predicted molar refractivity (Wildman–Crippen MR) is 68.9 cm³/mol. The largest absolute Gasteiger partial charge is 0.397 e. The van der Waals surface area contributed by atoms with E-state index in [1.54, 1.807) is 6.07 Å². The SMILES string of the molecule is COCC(=O)Nc1c(N)ccc2ccccc12. The van der Waals surface area contributed by atoms with Crippen LogP contribution in [0, 0.1) is 0 Å². The summed E-state index contributed by atoms with van der Waals surface area (Å²) >= 11 is 0. The zero-order valence-corrected chi connectivity index (χ0v) is 9.57. The lowest BCUT2D eigenvalue weighted by Gasteiger charge is -2.11. The maximum Gasteiger partial charge on any atom is 0.250 e. The molecule has 0 fully saturated rings. The maximum atomic E-state index is 11.5. The van der Waals surface area contributed by atoms with Crippen LogP contribution in [0.3, 0.4) is 0 Å². The fraction of sp³-hybridized carbons (Fsp3) is 0.154. The second-order valence-corrected chi connectivity index (χ2v) is 3.73. The lowest BCUT2D eigenvalue weighted by atomic mass is 10.1. The van der Waals surface area contributed by atoms with Crippen LogP contribution in [0.15, 0.2) is 36.4 Å². The third-order valence-electron chi connectivity index (χ3n) is 2.50. The molecule has 2 aromatic carbocycles. The first-order valence-electron chi connectivity index (χ1n) is 5.28. The number of benzene rings is 2. The first-order chi connectivity index (χ1) is 8.22.